The second kappa shape index (κ2) is 9.93. The first-order chi connectivity index (χ1) is 13.8. The highest BCUT2D eigenvalue weighted by atomic mass is 32.2. The van der Waals surface area contributed by atoms with Crippen molar-refractivity contribution in [2.24, 2.45) is 0 Å². The molecule has 0 bridgehead atoms. The van der Waals surface area contributed by atoms with Gasteiger partial charge in [0.05, 0.1) is 10.6 Å². The molecule has 0 aliphatic carbocycles. The molecule has 29 heavy (non-hydrogen) atoms. The van der Waals surface area contributed by atoms with Crippen LogP contribution in [0.3, 0.4) is 0 Å². The quantitative estimate of drug-likeness (QED) is 0.559. The van der Waals surface area contributed by atoms with Gasteiger partial charge in [0.25, 0.3) is 15.9 Å². The summed E-state index contributed by atoms with van der Waals surface area (Å²) in [5, 5.41) is 0. The number of hydrogen-bond donors (Lipinski definition) is 0. The number of carbonyl (C=O) groups is 1. The van der Waals surface area contributed by atoms with Crippen LogP contribution in [0, 0.1) is 6.92 Å². The lowest BCUT2D eigenvalue weighted by molar-refractivity contribution is -0.132. The van der Waals surface area contributed by atoms with Crippen molar-refractivity contribution in [1.29, 1.82) is 0 Å². The number of sulfonamides is 1. The molecular formula is C22H26N2O4S. The first-order valence-electron chi connectivity index (χ1n) is 9.07. The van der Waals surface area contributed by atoms with E-state index in [1.165, 1.54) is 11.4 Å². The van der Waals surface area contributed by atoms with Crippen molar-refractivity contribution in [2.45, 2.75) is 11.8 Å². The van der Waals surface area contributed by atoms with Gasteiger partial charge in [-0.25, -0.2) is 8.42 Å². The molecule has 0 aromatic heterocycles. The predicted octanol–water partition coefficient (Wildman–Crippen LogP) is 3.40. The number of nitrogens with zero attached hydrogens (tertiary/aromatic N) is 2. The van der Waals surface area contributed by atoms with Crippen molar-refractivity contribution in [3.05, 3.63) is 79.4 Å². The van der Waals surface area contributed by atoms with E-state index in [2.05, 4.69) is 13.2 Å². The summed E-state index contributed by atoms with van der Waals surface area (Å²) < 4.78 is 32.3. The van der Waals surface area contributed by atoms with E-state index < -0.39 is 10.0 Å². The first kappa shape index (κ1) is 22.2. The van der Waals surface area contributed by atoms with Gasteiger partial charge in [-0.2, -0.15) is 0 Å². The van der Waals surface area contributed by atoms with Crippen molar-refractivity contribution in [3.8, 4) is 5.75 Å². The van der Waals surface area contributed by atoms with E-state index in [0.29, 0.717) is 24.5 Å². The van der Waals surface area contributed by atoms with Crippen molar-refractivity contribution in [3.63, 3.8) is 0 Å². The van der Waals surface area contributed by atoms with Gasteiger partial charge in [0.15, 0.2) is 6.61 Å². The summed E-state index contributed by atoms with van der Waals surface area (Å²) in [6.07, 6.45) is 3.28. The van der Waals surface area contributed by atoms with E-state index in [4.69, 9.17) is 4.74 Å². The number of aryl methyl sites for hydroxylation is 1. The number of hydrogen-bond acceptors (Lipinski definition) is 4. The van der Waals surface area contributed by atoms with Gasteiger partial charge in [-0.3, -0.25) is 9.10 Å². The monoisotopic (exact) mass is 414 g/mol. The minimum absolute atomic E-state index is 0.126. The molecule has 154 valence electrons. The molecule has 6 nitrogen and oxygen atoms in total. The summed E-state index contributed by atoms with van der Waals surface area (Å²) in [5.41, 5.74) is 1.48. The molecule has 0 atom stereocenters. The number of rotatable bonds is 10. The zero-order chi connectivity index (χ0) is 21.4. The fourth-order valence-electron chi connectivity index (χ4n) is 2.59. The first-order valence-corrected chi connectivity index (χ1v) is 10.5. The van der Waals surface area contributed by atoms with Gasteiger partial charge >= 0.3 is 0 Å². The molecule has 0 spiro atoms. The van der Waals surface area contributed by atoms with Crippen LogP contribution in [-0.4, -0.2) is 46.0 Å². The van der Waals surface area contributed by atoms with Crippen LogP contribution < -0.4 is 9.04 Å². The Morgan fingerprint density at radius 1 is 1.00 bits per heavy atom. The second-order valence-electron chi connectivity index (χ2n) is 6.44. The maximum atomic E-state index is 12.8. The van der Waals surface area contributed by atoms with Crippen molar-refractivity contribution >= 4 is 21.6 Å². The molecule has 7 heteroatoms. The van der Waals surface area contributed by atoms with Gasteiger partial charge in [0.2, 0.25) is 0 Å². The summed E-state index contributed by atoms with van der Waals surface area (Å²) in [6, 6.07) is 13.2. The Morgan fingerprint density at radius 2 is 1.55 bits per heavy atom. The zero-order valence-electron chi connectivity index (χ0n) is 16.7. The van der Waals surface area contributed by atoms with E-state index in [1.807, 2.05) is 6.92 Å². The third kappa shape index (κ3) is 5.71. The van der Waals surface area contributed by atoms with E-state index in [9.17, 15) is 13.2 Å². The van der Waals surface area contributed by atoms with Gasteiger partial charge in [0.1, 0.15) is 5.75 Å². The zero-order valence-corrected chi connectivity index (χ0v) is 17.6. The number of carbonyl (C=O) groups excluding carboxylic acids is 1. The largest absolute Gasteiger partial charge is 0.484 e. The lowest BCUT2D eigenvalue weighted by Crippen LogP contribution is -2.35. The molecule has 0 fully saturated rings. The maximum Gasteiger partial charge on any atom is 0.264 e. The number of amides is 1. The SMILES string of the molecule is C=CCN(CC=C)C(=O)COc1ccc(N(C)S(=O)(=O)c2ccc(C)cc2)cc1. The van der Waals surface area contributed by atoms with Crippen molar-refractivity contribution in [2.75, 3.05) is 31.0 Å². The third-order valence-electron chi connectivity index (χ3n) is 4.29. The molecule has 0 unspecified atom stereocenters. The molecule has 0 saturated carbocycles. The molecule has 0 heterocycles. The van der Waals surface area contributed by atoms with Gasteiger partial charge in [-0.05, 0) is 43.3 Å². The van der Waals surface area contributed by atoms with E-state index in [-0.39, 0.29) is 17.4 Å². The fraction of sp³-hybridized carbons (Fsp3) is 0.227. The Labute approximate surface area is 172 Å². The maximum absolute atomic E-state index is 12.8. The normalized spacial score (nSPS) is 10.8. The molecule has 2 rings (SSSR count). The van der Waals surface area contributed by atoms with Crippen molar-refractivity contribution < 1.29 is 17.9 Å². The van der Waals surface area contributed by atoms with E-state index >= 15 is 0 Å². The Balaban J connectivity index is 2.05. The van der Waals surface area contributed by atoms with Crippen LogP contribution in [0.5, 0.6) is 5.75 Å². The summed E-state index contributed by atoms with van der Waals surface area (Å²) in [6.45, 7) is 9.86. The topological polar surface area (TPSA) is 66.9 Å². The Kier molecular flexibility index (Phi) is 7.61. The lowest BCUT2D eigenvalue weighted by Gasteiger charge is -2.21. The van der Waals surface area contributed by atoms with E-state index in [1.54, 1.807) is 65.6 Å². The molecular weight excluding hydrogens is 388 g/mol. The summed E-state index contributed by atoms with van der Waals surface area (Å²) in [4.78, 5) is 14.0. The number of benzene rings is 2. The van der Waals surface area contributed by atoms with Crippen LogP contribution >= 0.6 is 0 Å². The molecule has 1 amide bonds. The molecule has 0 aliphatic rings. The van der Waals surface area contributed by atoms with Crippen LogP contribution in [0.15, 0.2) is 78.7 Å². The molecule has 0 N–H and O–H groups in total. The summed E-state index contributed by atoms with van der Waals surface area (Å²) >= 11 is 0. The summed E-state index contributed by atoms with van der Waals surface area (Å²) in [5.74, 6) is 0.285. The number of ether oxygens (including phenoxy) is 1. The molecule has 0 aliphatic heterocycles. The van der Waals surface area contributed by atoms with E-state index in [0.717, 1.165) is 5.56 Å². The van der Waals surface area contributed by atoms with Gasteiger partial charge < -0.3 is 9.64 Å². The molecule has 0 saturated heterocycles. The molecule has 2 aromatic rings. The Hall–Kier alpha value is -3.06. The highest BCUT2D eigenvalue weighted by Gasteiger charge is 2.21. The second-order valence-corrected chi connectivity index (χ2v) is 8.41. The van der Waals surface area contributed by atoms with Crippen LogP contribution in [0.2, 0.25) is 0 Å². The van der Waals surface area contributed by atoms with Crippen LogP contribution in [-0.2, 0) is 14.8 Å². The average Bonchev–Trinajstić information content (AvgIpc) is 2.72. The van der Waals surface area contributed by atoms with Gasteiger partial charge in [0, 0.05) is 20.1 Å². The van der Waals surface area contributed by atoms with Crippen LogP contribution in [0.25, 0.3) is 0 Å². The summed E-state index contributed by atoms with van der Waals surface area (Å²) in [7, 11) is -2.16. The highest BCUT2D eigenvalue weighted by molar-refractivity contribution is 7.92. The lowest BCUT2D eigenvalue weighted by atomic mass is 10.2. The Morgan fingerprint density at radius 3 is 2.07 bits per heavy atom. The smallest absolute Gasteiger partial charge is 0.264 e. The Bertz CT molecular complexity index is 941. The number of anilines is 1. The third-order valence-corrected chi connectivity index (χ3v) is 6.09. The highest BCUT2D eigenvalue weighted by Crippen LogP contribution is 2.24. The van der Waals surface area contributed by atoms with Crippen LogP contribution in [0.4, 0.5) is 5.69 Å². The molecule has 2 aromatic carbocycles. The molecule has 0 radical (unpaired) electrons. The average molecular weight is 415 g/mol. The minimum Gasteiger partial charge on any atom is -0.484 e. The fourth-order valence-corrected chi connectivity index (χ4v) is 3.78. The van der Waals surface area contributed by atoms with Crippen molar-refractivity contribution in [1.82, 2.24) is 4.90 Å². The van der Waals surface area contributed by atoms with Gasteiger partial charge in [-0.15, -0.1) is 13.2 Å². The van der Waals surface area contributed by atoms with Gasteiger partial charge in [-0.1, -0.05) is 29.8 Å². The van der Waals surface area contributed by atoms with Crippen LogP contribution in [0.1, 0.15) is 5.56 Å². The predicted molar refractivity (Wildman–Crippen MR) is 116 cm³/mol. The minimum atomic E-state index is -3.66. The standard InChI is InChI=1S/C22H26N2O4S/c1-5-15-24(16-6-2)22(25)17-28-20-11-9-19(10-12-20)23(4)29(26,27)21-13-7-18(3)8-14-21/h5-14H,1-2,15-17H2,3-4H3.